The molecule has 0 fully saturated rings. The average molecular weight is 198 g/mol. The van der Waals surface area contributed by atoms with E-state index in [9.17, 15) is 9.90 Å². The first-order valence-electron chi connectivity index (χ1n) is 4.87. The van der Waals surface area contributed by atoms with E-state index in [-0.39, 0.29) is 5.97 Å². The Bertz CT molecular complexity index is 213. The molecule has 1 N–H and O–H groups in total. The van der Waals surface area contributed by atoms with Crippen molar-refractivity contribution in [1.82, 2.24) is 0 Å². The zero-order valence-electron chi connectivity index (χ0n) is 8.88. The number of aliphatic hydroxyl groups is 1. The van der Waals surface area contributed by atoms with E-state index in [4.69, 9.17) is 11.2 Å². The van der Waals surface area contributed by atoms with Crippen molar-refractivity contribution in [3.05, 3.63) is 0 Å². The Kier molecular flexibility index (Phi) is 5.98. The minimum atomic E-state index is -1.05. The number of carbonyl (C=O) groups is 1. The van der Waals surface area contributed by atoms with Gasteiger partial charge in [0.05, 0.1) is 6.61 Å². The quantitative estimate of drug-likeness (QED) is 0.399. The molecule has 0 aromatic carbocycles. The molecule has 1 atom stereocenters. The molecule has 0 radical (unpaired) electrons. The first-order chi connectivity index (χ1) is 6.52. The summed E-state index contributed by atoms with van der Waals surface area (Å²) in [5, 5.41) is 9.44. The Morgan fingerprint density at radius 2 is 2.21 bits per heavy atom. The van der Waals surface area contributed by atoms with E-state index in [1.165, 1.54) is 0 Å². The van der Waals surface area contributed by atoms with Crippen LogP contribution in [0.15, 0.2) is 0 Å². The second kappa shape index (κ2) is 6.44. The summed E-state index contributed by atoms with van der Waals surface area (Å²) in [6.07, 6.45) is 7.46. The van der Waals surface area contributed by atoms with Gasteiger partial charge in [0.25, 0.3) is 0 Å². The van der Waals surface area contributed by atoms with E-state index in [1.807, 2.05) is 0 Å². The fourth-order valence-corrected chi connectivity index (χ4v) is 1.04. The minimum absolute atomic E-state index is 0.187. The molecule has 3 nitrogen and oxygen atoms in total. The van der Waals surface area contributed by atoms with Gasteiger partial charge in [-0.05, 0) is 33.1 Å². The summed E-state index contributed by atoms with van der Waals surface area (Å²) in [5.74, 6) is 2.11. The smallest absolute Gasteiger partial charge is 0.305 e. The summed E-state index contributed by atoms with van der Waals surface area (Å²) in [7, 11) is 0. The predicted molar refractivity (Wildman–Crippen MR) is 54.6 cm³/mol. The van der Waals surface area contributed by atoms with Gasteiger partial charge in [0.15, 0.2) is 0 Å². The molecule has 0 aromatic rings. The van der Waals surface area contributed by atoms with Gasteiger partial charge in [-0.1, -0.05) is 5.92 Å². The van der Waals surface area contributed by atoms with Crippen LogP contribution < -0.4 is 0 Å². The van der Waals surface area contributed by atoms with Crippen LogP contribution >= 0.6 is 0 Å². The molecular weight excluding hydrogens is 180 g/mol. The van der Waals surface area contributed by atoms with Crippen molar-refractivity contribution >= 4 is 5.97 Å². The summed E-state index contributed by atoms with van der Waals surface area (Å²) in [6, 6.07) is 0. The van der Waals surface area contributed by atoms with Gasteiger partial charge in [-0.3, -0.25) is 4.79 Å². The number of esters is 1. The fraction of sp³-hybridized carbons (Fsp3) is 0.727. The summed E-state index contributed by atoms with van der Waals surface area (Å²) < 4.78 is 4.76. The SMILES string of the molecule is C#CC(C)(O)CCCCC(=O)OCC. The van der Waals surface area contributed by atoms with Gasteiger partial charge in [-0.25, -0.2) is 0 Å². The van der Waals surface area contributed by atoms with Gasteiger partial charge in [0, 0.05) is 6.42 Å². The first-order valence-corrected chi connectivity index (χ1v) is 4.87. The largest absolute Gasteiger partial charge is 0.466 e. The third kappa shape index (κ3) is 6.50. The molecular formula is C11H18O3. The third-order valence-corrected chi connectivity index (χ3v) is 1.91. The highest BCUT2D eigenvalue weighted by Crippen LogP contribution is 2.13. The van der Waals surface area contributed by atoms with Crippen LogP contribution in [0, 0.1) is 12.3 Å². The molecule has 0 saturated heterocycles. The van der Waals surface area contributed by atoms with Crippen LogP contribution in [0.25, 0.3) is 0 Å². The van der Waals surface area contributed by atoms with Crippen LogP contribution in [0.5, 0.6) is 0 Å². The van der Waals surface area contributed by atoms with Gasteiger partial charge in [-0.2, -0.15) is 0 Å². The second-order valence-electron chi connectivity index (χ2n) is 3.43. The normalized spacial score (nSPS) is 14.1. The Morgan fingerprint density at radius 3 is 2.71 bits per heavy atom. The Labute approximate surface area is 85.5 Å². The molecule has 0 heterocycles. The maximum Gasteiger partial charge on any atom is 0.305 e. The lowest BCUT2D eigenvalue weighted by molar-refractivity contribution is -0.143. The highest BCUT2D eigenvalue weighted by molar-refractivity contribution is 5.69. The molecule has 0 aliphatic rings. The number of hydrogen-bond donors (Lipinski definition) is 1. The molecule has 1 unspecified atom stereocenters. The summed E-state index contributed by atoms with van der Waals surface area (Å²) in [5.41, 5.74) is -1.05. The zero-order valence-corrected chi connectivity index (χ0v) is 8.88. The van der Waals surface area contributed by atoms with Crippen LogP contribution in [0.4, 0.5) is 0 Å². The van der Waals surface area contributed by atoms with Crippen molar-refractivity contribution in [2.75, 3.05) is 6.61 Å². The topological polar surface area (TPSA) is 46.5 Å². The van der Waals surface area contributed by atoms with E-state index < -0.39 is 5.60 Å². The molecule has 0 amide bonds. The second-order valence-corrected chi connectivity index (χ2v) is 3.43. The monoisotopic (exact) mass is 198 g/mol. The number of unbranched alkanes of at least 4 members (excludes halogenated alkanes) is 1. The van der Waals surface area contributed by atoms with Gasteiger partial charge < -0.3 is 9.84 Å². The lowest BCUT2D eigenvalue weighted by Gasteiger charge is -2.15. The van der Waals surface area contributed by atoms with Crippen LogP contribution in [-0.4, -0.2) is 23.3 Å². The Morgan fingerprint density at radius 1 is 1.57 bits per heavy atom. The van der Waals surface area contributed by atoms with E-state index >= 15 is 0 Å². The average Bonchev–Trinajstić information content (AvgIpc) is 2.13. The predicted octanol–water partition coefficient (Wildman–Crippen LogP) is 1.49. The summed E-state index contributed by atoms with van der Waals surface area (Å²) in [6.45, 7) is 3.79. The van der Waals surface area contributed by atoms with Crippen molar-refractivity contribution in [3.63, 3.8) is 0 Å². The van der Waals surface area contributed by atoms with Crippen molar-refractivity contribution in [3.8, 4) is 12.3 Å². The molecule has 0 rings (SSSR count). The molecule has 14 heavy (non-hydrogen) atoms. The zero-order chi connectivity index (χ0) is 11.0. The number of ether oxygens (including phenoxy) is 1. The summed E-state index contributed by atoms with van der Waals surface area (Å²) in [4.78, 5) is 10.9. The highest BCUT2D eigenvalue weighted by Gasteiger charge is 2.15. The maximum absolute atomic E-state index is 10.9. The molecule has 0 aliphatic heterocycles. The van der Waals surface area contributed by atoms with Gasteiger partial charge in [-0.15, -0.1) is 6.42 Å². The number of carbonyl (C=O) groups excluding carboxylic acids is 1. The number of rotatable bonds is 6. The third-order valence-electron chi connectivity index (χ3n) is 1.91. The molecule has 80 valence electrons. The lowest BCUT2D eigenvalue weighted by Crippen LogP contribution is -2.20. The van der Waals surface area contributed by atoms with Gasteiger partial charge in [0.2, 0.25) is 0 Å². The van der Waals surface area contributed by atoms with Crippen molar-refractivity contribution in [2.24, 2.45) is 0 Å². The van der Waals surface area contributed by atoms with Crippen LogP contribution in [0.2, 0.25) is 0 Å². The van der Waals surface area contributed by atoms with Gasteiger partial charge >= 0.3 is 5.97 Å². The minimum Gasteiger partial charge on any atom is -0.466 e. The van der Waals surface area contributed by atoms with E-state index in [2.05, 4.69) is 5.92 Å². The van der Waals surface area contributed by atoms with Crippen LogP contribution in [-0.2, 0) is 9.53 Å². The Hall–Kier alpha value is -1.01. The molecule has 0 aromatic heterocycles. The number of hydrogen-bond acceptors (Lipinski definition) is 3. The van der Waals surface area contributed by atoms with E-state index in [1.54, 1.807) is 13.8 Å². The summed E-state index contributed by atoms with van der Waals surface area (Å²) >= 11 is 0. The fourth-order valence-electron chi connectivity index (χ4n) is 1.04. The van der Waals surface area contributed by atoms with Crippen LogP contribution in [0.1, 0.15) is 39.5 Å². The maximum atomic E-state index is 10.9. The first kappa shape index (κ1) is 13.0. The van der Waals surface area contributed by atoms with E-state index in [0.717, 1.165) is 6.42 Å². The molecule has 0 bridgehead atoms. The van der Waals surface area contributed by atoms with Crippen molar-refractivity contribution in [1.29, 1.82) is 0 Å². The Balaban J connectivity index is 3.48. The molecule has 0 spiro atoms. The van der Waals surface area contributed by atoms with Crippen molar-refractivity contribution < 1.29 is 14.6 Å². The lowest BCUT2D eigenvalue weighted by atomic mass is 9.99. The standard InChI is InChI=1S/C11H18O3/c1-4-11(3,13)9-7-6-8-10(12)14-5-2/h1,13H,5-9H2,2-3H3. The van der Waals surface area contributed by atoms with Crippen molar-refractivity contribution in [2.45, 2.75) is 45.1 Å². The molecule has 0 saturated carbocycles. The van der Waals surface area contributed by atoms with Gasteiger partial charge in [0.1, 0.15) is 5.60 Å². The van der Waals surface area contributed by atoms with E-state index in [0.29, 0.717) is 25.9 Å². The number of terminal acetylenes is 1. The highest BCUT2D eigenvalue weighted by atomic mass is 16.5. The molecule has 3 heteroatoms. The van der Waals surface area contributed by atoms with Crippen LogP contribution in [0.3, 0.4) is 0 Å². The molecule has 0 aliphatic carbocycles.